The molecule has 4 heteroatoms. The number of hydrogen-bond donors (Lipinski definition) is 2. The Labute approximate surface area is 66.1 Å². The molecule has 0 radical (unpaired) electrons. The van der Waals surface area contributed by atoms with E-state index in [4.69, 9.17) is 16.9 Å². The zero-order chi connectivity index (χ0) is 7.40. The highest BCUT2D eigenvalue weighted by atomic mass is 35.5. The van der Waals surface area contributed by atoms with Gasteiger partial charge in [-0.15, -0.1) is 0 Å². The molecule has 10 heavy (non-hydrogen) atoms. The van der Waals surface area contributed by atoms with Gasteiger partial charge in [-0.3, -0.25) is 4.90 Å². The van der Waals surface area contributed by atoms with Crippen molar-refractivity contribution in [3.05, 3.63) is 0 Å². The largest absolute Gasteiger partial charge is 0.395 e. The summed E-state index contributed by atoms with van der Waals surface area (Å²) >= 11 is 5.43. The molecule has 1 atom stereocenters. The van der Waals surface area contributed by atoms with Gasteiger partial charge in [0.15, 0.2) is 0 Å². The lowest BCUT2D eigenvalue weighted by molar-refractivity contribution is 0.220. The molecule has 60 valence electrons. The molecule has 0 bridgehead atoms. The normalized spacial score (nSPS) is 27.6. The summed E-state index contributed by atoms with van der Waals surface area (Å²) in [5, 5.41) is 8.59. The van der Waals surface area contributed by atoms with Crippen molar-refractivity contribution >= 4 is 11.8 Å². The van der Waals surface area contributed by atoms with E-state index < -0.39 is 0 Å². The van der Waals surface area contributed by atoms with Crippen LogP contribution in [-0.4, -0.2) is 42.3 Å². The Morgan fingerprint density at radius 1 is 1.70 bits per heavy atom. The van der Waals surface area contributed by atoms with Gasteiger partial charge in [0.05, 0.1) is 6.61 Å². The third-order valence-corrected chi connectivity index (χ3v) is 2.15. The van der Waals surface area contributed by atoms with Crippen molar-refractivity contribution < 1.29 is 5.11 Å². The SMILES string of the molecule is OCCN1CC[C@H](NCl)C1. The molecule has 0 amide bonds. The average Bonchev–Trinajstić information content (AvgIpc) is 2.37. The van der Waals surface area contributed by atoms with Crippen LogP contribution in [0.4, 0.5) is 0 Å². The van der Waals surface area contributed by atoms with Crippen molar-refractivity contribution in [3.63, 3.8) is 0 Å². The molecule has 1 saturated heterocycles. The standard InChI is InChI=1S/C6H13ClN2O/c7-8-6-1-2-9(5-6)3-4-10/h6,8,10H,1-5H2/t6-/m0/s1. The topological polar surface area (TPSA) is 35.5 Å². The van der Waals surface area contributed by atoms with Crippen LogP contribution in [0.2, 0.25) is 0 Å². The Bertz CT molecular complexity index is 102. The molecule has 1 heterocycles. The van der Waals surface area contributed by atoms with E-state index in [0.29, 0.717) is 6.04 Å². The zero-order valence-electron chi connectivity index (χ0n) is 5.89. The van der Waals surface area contributed by atoms with Crippen LogP contribution in [0.25, 0.3) is 0 Å². The van der Waals surface area contributed by atoms with Crippen LogP contribution >= 0.6 is 11.8 Å². The number of likely N-dealkylation sites (tertiary alicyclic amines) is 1. The fourth-order valence-corrected chi connectivity index (χ4v) is 1.44. The maximum atomic E-state index is 8.59. The molecule has 0 aliphatic carbocycles. The average molecular weight is 165 g/mol. The highest BCUT2D eigenvalue weighted by Gasteiger charge is 2.20. The molecule has 0 saturated carbocycles. The number of aliphatic hydroxyl groups is 1. The van der Waals surface area contributed by atoms with Crippen LogP contribution in [0.1, 0.15) is 6.42 Å². The number of nitrogens with one attached hydrogen (secondary N) is 1. The lowest BCUT2D eigenvalue weighted by atomic mass is 10.3. The second-order valence-corrected chi connectivity index (χ2v) is 2.84. The molecular formula is C6H13ClN2O. The molecule has 1 fully saturated rings. The van der Waals surface area contributed by atoms with Gasteiger partial charge in [0.2, 0.25) is 0 Å². The van der Waals surface area contributed by atoms with Gasteiger partial charge in [0, 0.05) is 19.1 Å². The van der Waals surface area contributed by atoms with Gasteiger partial charge < -0.3 is 5.11 Å². The fourth-order valence-electron chi connectivity index (χ4n) is 1.27. The molecular weight excluding hydrogens is 152 g/mol. The molecule has 0 aromatic rings. The van der Waals surface area contributed by atoms with Crippen LogP contribution in [0.3, 0.4) is 0 Å². The summed E-state index contributed by atoms with van der Waals surface area (Å²) in [6, 6.07) is 0.410. The Kier molecular flexibility index (Phi) is 3.42. The molecule has 1 aliphatic rings. The Morgan fingerprint density at radius 2 is 2.50 bits per heavy atom. The first-order valence-corrected chi connectivity index (χ1v) is 3.94. The third kappa shape index (κ3) is 2.09. The molecule has 0 aromatic carbocycles. The van der Waals surface area contributed by atoms with Gasteiger partial charge in [-0.2, -0.15) is 0 Å². The summed E-state index contributed by atoms with van der Waals surface area (Å²) in [7, 11) is 0. The minimum atomic E-state index is 0.245. The lowest BCUT2D eigenvalue weighted by Crippen LogP contribution is -2.28. The summed E-state index contributed by atoms with van der Waals surface area (Å²) in [5.41, 5.74) is 0. The number of β-amino-alcohol motifs (C(OH)–C–C–N with tert-alkyl or cyclic N) is 1. The van der Waals surface area contributed by atoms with Gasteiger partial charge in [-0.1, -0.05) is 0 Å². The van der Waals surface area contributed by atoms with Crippen LogP contribution in [-0.2, 0) is 0 Å². The molecule has 0 unspecified atom stereocenters. The number of aliphatic hydroxyl groups excluding tert-OH is 1. The minimum Gasteiger partial charge on any atom is -0.395 e. The van der Waals surface area contributed by atoms with E-state index in [9.17, 15) is 0 Å². The maximum absolute atomic E-state index is 8.59. The molecule has 0 spiro atoms. The van der Waals surface area contributed by atoms with Gasteiger partial charge >= 0.3 is 0 Å². The summed E-state index contributed by atoms with van der Waals surface area (Å²) in [5.74, 6) is 0. The molecule has 1 rings (SSSR count). The van der Waals surface area contributed by atoms with E-state index in [0.717, 1.165) is 26.1 Å². The monoisotopic (exact) mass is 164 g/mol. The number of halogens is 1. The van der Waals surface area contributed by atoms with Gasteiger partial charge in [0.1, 0.15) is 0 Å². The highest BCUT2D eigenvalue weighted by molar-refractivity contribution is 6.13. The lowest BCUT2D eigenvalue weighted by Gasteiger charge is -2.12. The van der Waals surface area contributed by atoms with Gasteiger partial charge in [-0.25, -0.2) is 4.84 Å². The first-order valence-electron chi connectivity index (χ1n) is 3.56. The Hall–Kier alpha value is 0.170. The molecule has 1 aliphatic heterocycles. The van der Waals surface area contributed by atoms with Crippen LogP contribution < -0.4 is 4.84 Å². The van der Waals surface area contributed by atoms with E-state index in [1.165, 1.54) is 0 Å². The third-order valence-electron chi connectivity index (χ3n) is 1.84. The number of rotatable bonds is 3. The maximum Gasteiger partial charge on any atom is 0.0558 e. The first kappa shape index (κ1) is 8.27. The molecule has 3 nitrogen and oxygen atoms in total. The fraction of sp³-hybridized carbons (Fsp3) is 1.00. The molecule has 0 aromatic heterocycles. The highest BCUT2D eigenvalue weighted by Crippen LogP contribution is 2.07. The number of hydrogen-bond acceptors (Lipinski definition) is 3. The predicted octanol–water partition coefficient (Wildman–Crippen LogP) is -0.204. The van der Waals surface area contributed by atoms with Crippen molar-refractivity contribution in [3.8, 4) is 0 Å². The number of nitrogens with zero attached hydrogens (tertiary/aromatic N) is 1. The van der Waals surface area contributed by atoms with Crippen LogP contribution in [0.15, 0.2) is 0 Å². The Morgan fingerprint density at radius 3 is 3.00 bits per heavy atom. The van der Waals surface area contributed by atoms with Crippen molar-refractivity contribution in [2.45, 2.75) is 12.5 Å². The van der Waals surface area contributed by atoms with Crippen molar-refractivity contribution in [2.24, 2.45) is 0 Å². The summed E-state index contributed by atoms with van der Waals surface area (Å²) in [6.45, 7) is 3.03. The summed E-state index contributed by atoms with van der Waals surface area (Å²) in [6.07, 6.45) is 1.09. The minimum absolute atomic E-state index is 0.245. The summed E-state index contributed by atoms with van der Waals surface area (Å²) in [4.78, 5) is 4.90. The van der Waals surface area contributed by atoms with E-state index in [1.54, 1.807) is 0 Å². The summed E-state index contributed by atoms with van der Waals surface area (Å²) < 4.78 is 0. The second kappa shape index (κ2) is 4.13. The van der Waals surface area contributed by atoms with Crippen molar-refractivity contribution in [1.29, 1.82) is 0 Å². The predicted molar refractivity (Wildman–Crippen MR) is 40.9 cm³/mol. The van der Waals surface area contributed by atoms with Crippen LogP contribution in [0.5, 0.6) is 0 Å². The van der Waals surface area contributed by atoms with E-state index in [1.807, 2.05) is 0 Å². The first-order chi connectivity index (χ1) is 4.86. The zero-order valence-corrected chi connectivity index (χ0v) is 6.64. The van der Waals surface area contributed by atoms with E-state index in [-0.39, 0.29) is 6.61 Å². The van der Waals surface area contributed by atoms with Gasteiger partial charge in [-0.05, 0) is 24.7 Å². The van der Waals surface area contributed by atoms with Crippen molar-refractivity contribution in [2.75, 3.05) is 26.2 Å². The van der Waals surface area contributed by atoms with Crippen molar-refractivity contribution in [1.82, 2.24) is 9.74 Å². The molecule has 2 N–H and O–H groups in total. The van der Waals surface area contributed by atoms with Gasteiger partial charge in [0.25, 0.3) is 0 Å². The second-order valence-electron chi connectivity index (χ2n) is 2.62. The van der Waals surface area contributed by atoms with Crippen LogP contribution in [0, 0.1) is 0 Å². The van der Waals surface area contributed by atoms with E-state index >= 15 is 0 Å². The quantitative estimate of drug-likeness (QED) is 0.567. The van der Waals surface area contributed by atoms with E-state index in [2.05, 4.69) is 9.74 Å². The smallest absolute Gasteiger partial charge is 0.0558 e. The Balaban J connectivity index is 2.15.